The van der Waals surface area contributed by atoms with Crippen molar-refractivity contribution in [3.8, 4) is 0 Å². The number of rotatable bonds is 3. The highest BCUT2D eigenvalue weighted by atomic mass is 32.1. The standard InChI is InChI=1S/C12H11N5OS/c1-2-10-14-15-12(19-10)13-11(18)9-7-8-5-3-4-6-17(8)16-9/h3-7H,2H2,1H3,(H,13,15,18). The Morgan fingerprint density at radius 1 is 1.42 bits per heavy atom. The summed E-state index contributed by atoms with van der Waals surface area (Å²) in [4.78, 5) is 12.0. The van der Waals surface area contributed by atoms with Crippen molar-refractivity contribution < 1.29 is 4.79 Å². The van der Waals surface area contributed by atoms with Gasteiger partial charge in [0.05, 0.1) is 5.52 Å². The molecule has 3 heterocycles. The molecule has 0 aliphatic rings. The molecule has 1 amide bonds. The number of carbonyl (C=O) groups excluding carboxylic acids is 1. The van der Waals surface area contributed by atoms with Gasteiger partial charge < -0.3 is 0 Å². The number of carbonyl (C=O) groups is 1. The summed E-state index contributed by atoms with van der Waals surface area (Å²) < 4.78 is 1.66. The van der Waals surface area contributed by atoms with E-state index in [1.54, 1.807) is 16.8 Å². The molecule has 0 aromatic carbocycles. The highest BCUT2D eigenvalue weighted by Gasteiger charge is 2.13. The van der Waals surface area contributed by atoms with Crippen LogP contribution in [-0.4, -0.2) is 25.7 Å². The third kappa shape index (κ3) is 2.32. The van der Waals surface area contributed by atoms with E-state index in [4.69, 9.17) is 0 Å². The van der Waals surface area contributed by atoms with Crippen LogP contribution in [0.2, 0.25) is 0 Å². The molecule has 0 aliphatic carbocycles. The van der Waals surface area contributed by atoms with E-state index in [0.29, 0.717) is 10.8 Å². The zero-order valence-corrected chi connectivity index (χ0v) is 11.0. The van der Waals surface area contributed by atoms with Gasteiger partial charge in [-0.05, 0) is 24.6 Å². The van der Waals surface area contributed by atoms with Gasteiger partial charge in [0, 0.05) is 6.20 Å². The minimum Gasteiger partial charge on any atom is -0.295 e. The summed E-state index contributed by atoms with van der Waals surface area (Å²) in [5.74, 6) is -0.275. The van der Waals surface area contributed by atoms with E-state index in [0.717, 1.165) is 16.9 Å². The summed E-state index contributed by atoms with van der Waals surface area (Å²) in [6, 6.07) is 7.39. The lowest BCUT2D eigenvalue weighted by Crippen LogP contribution is -2.12. The van der Waals surface area contributed by atoms with Crippen LogP contribution in [0.25, 0.3) is 5.52 Å². The Morgan fingerprint density at radius 2 is 2.32 bits per heavy atom. The molecule has 96 valence electrons. The van der Waals surface area contributed by atoms with Gasteiger partial charge >= 0.3 is 0 Å². The molecule has 6 nitrogen and oxygen atoms in total. The van der Waals surface area contributed by atoms with Crippen molar-refractivity contribution in [2.45, 2.75) is 13.3 Å². The van der Waals surface area contributed by atoms with Crippen molar-refractivity contribution >= 4 is 27.9 Å². The zero-order valence-electron chi connectivity index (χ0n) is 10.2. The molecule has 1 N–H and O–H groups in total. The fraction of sp³-hybridized carbons (Fsp3) is 0.167. The number of amides is 1. The molecule has 0 spiro atoms. The van der Waals surface area contributed by atoms with Crippen LogP contribution in [0.15, 0.2) is 30.5 Å². The summed E-state index contributed by atoms with van der Waals surface area (Å²) in [5.41, 5.74) is 1.23. The summed E-state index contributed by atoms with van der Waals surface area (Å²) in [6.07, 6.45) is 2.61. The molecule has 0 bridgehead atoms. The summed E-state index contributed by atoms with van der Waals surface area (Å²) >= 11 is 1.37. The molecule has 0 fully saturated rings. The van der Waals surface area contributed by atoms with Crippen molar-refractivity contribution in [1.82, 2.24) is 19.8 Å². The third-order valence-corrected chi connectivity index (χ3v) is 3.58. The largest absolute Gasteiger partial charge is 0.295 e. The molecule has 0 unspecified atom stereocenters. The smallest absolute Gasteiger partial charge is 0.278 e. The molecule has 0 saturated carbocycles. The maximum atomic E-state index is 12.0. The molecule has 0 radical (unpaired) electrons. The van der Waals surface area contributed by atoms with E-state index in [-0.39, 0.29) is 5.91 Å². The molecule has 0 aliphatic heterocycles. The zero-order chi connectivity index (χ0) is 13.2. The Morgan fingerprint density at radius 3 is 3.05 bits per heavy atom. The minimum absolute atomic E-state index is 0.275. The first-order chi connectivity index (χ1) is 9.26. The van der Waals surface area contributed by atoms with Crippen LogP contribution in [0, 0.1) is 0 Å². The van der Waals surface area contributed by atoms with E-state index in [1.807, 2.05) is 25.1 Å². The van der Waals surface area contributed by atoms with Gasteiger partial charge in [0.2, 0.25) is 5.13 Å². The van der Waals surface area contributed by atoms with Gasteiger partial charge in [0.1, 0.15) is 5.01 Å². The van der Waals surface area contributed by atoms with Gasteiger partial charge in [-0.25, -0.2) is 4.52 Å². The fourth-order valence-electron chi connectivity index (χ4n) is 1.66. The molecule has 19 heavy (non-hydrogen) atoms. The van der Waals surface area contributed by atoms with Crippen molar-refractivity contribution in [2.75, 3.05) is 5.32 Å². The molecular weight excluding hydrogens is 262 g/mol. The van der Waals surface area contributed by atoms with Crippen LogP contribution in [0.3, 0.4) is 0 Å². The van der Waals surface area contributed by atoms with Gasteiger partial charge in [-0.15, -0.1) is 10.2 Å². The summed E-state index contributed by atoms with van der Waals surface area (Å²) in [5, 5.41) is 16.2. The van der Waals surface area contributed by atoms with Crippen LogP contribution in [0.1, 0.15) is 22.4 Å². The SMILES string of the molecule is CCc1nnc(NC(=O)c2cc3ccccn3n2)s1. The number of aromatic nitrogens is 4. The lowest BCUT2D eigenvalue weighted by atomic mass is 10.3. The maximum Gasteiger partial charge on any atom is 0.278 e. The topological polar surface area (TPSA) is 72.2 Å². The highest BCUT2D eigenvalue weighted by Crippen LogP contribution is 2.16. The fourth-order valence-corrected chi connectivity index (χ4v) is 2.33. The van der Waals surface area contributed by atoms with Crippen LogP contribution >= 0.6 is 11.3 Å². The average molecular weight is 273 g/mol. The van der Waals surface area contributed by atoms with Crippen molar-refractivity contribution in [3.05, 3.63) is 41.2 Å². The van der Waals surface area contributed by atoms with Crippen LogP contribution in [0.4, 0.5) is 5.13 Å². The quantitative estimate of drug-likeness (QED) is 0.792. The van der Waals surface area contributed by atoms with E-state index in [1.165, 1.54) is 11.3 Å². The second-order valence-electron chi connectivity index (χ2n) is 3.91. The lowest BCUT2D eigenvalue weighted by Gasteiger charge is -1.95. The Bertz CT molecular complexity index is 699. The highest BCUT2D eigenvalue weighted by molar-refractivity contribution is 7.15. The van der Waals surface area contributed by atoms with Crippen molar-refractivity contribution in [3.63, 3.8) is 0 Å². The molecular formula is C12H11N5OS. The Balaban J connectivity index is 1.83. The number of anilines is 1. The molecule has 7 heteroatoms. The van der Waals surface area contributed by atoms with Gasteiger partial charge in [0.15, 0.2) is 5.69 Å². The number of nitrogens with zero attached hydrogens (tertiary/aromatic N) is 4. The van der Waals surface area contributed by atoms with Gasteiger partial charge in [0.25, 0.3) is 5.91 Å². The van der Waals surface area contributed by atoms with Crippen LogP contribution in [0.5, 0.6) is 0 Å². The predicted molar refractivity (Wildman–Crippen MR) is 72.4 cm³/mol. The van der Waals surface area contributed by atoms with E-state index >= 15 is 0 Å². The average Bonchev–Trinajstić information content (AvgIpc) is 3.04. The summed E-state index contributed by atoms with van der Waals surface area (Å²) in [6.45, 7) is 1.99. The molecule has 0 atom stereocenters. The number of aryl methyl sites for hydroxylation is 1. The first kappa shape index (κ1) is 11.8. The van der Waals surface area contributed by atoms with Gasteiger partial charge in [-0.3, -0.25) is 10.1 Å². The monoisotopic (exact) mass is 273 g/mol. The first-order valence-electron chi connectivity index (χ1n) is 5.84. The minimum atomic E-state index is -0.275. The van der Waals surface area contributed by atoms with E-state index in [2.05, 4.69) is 20.6 Å². The van der Waals surface area contributed by atoms with Gasteiger partial charge in [-0.1, -0.05) is 24.3 Å². The number of hydrogen-bond donors (Lipinski definition) is 1. The second-order valence-corrected chi connectivity index (χ2v) is 4.97. The molecule has 3 aromatic heterocycles. The number of pyridine rings is 1. The van der Waals surface area contributed by atoms with Crippen LogP contribution in [-0.2, 0) is 6.42 Å². The Hall–Kier alpha value is -2.28. The molecule has 0 saturated heterocycles. The van der Waals surface area contributed by atoms with E-state index in [9.17, 15) is 4.79 Å². The van der Waals surface area contributed by atoms with Crippen LogP contribution < -0.4 is 5.32 Å². The first-order valence-corrected chi connectivity index (χ1v) is 6.66. The predicted octanol–water partition coefficient (Wildman–Crippen LogP) is 2.00. The number of nitrogens with one attached hydrogen (secondary N) is 1. The molecule has 3 rings (SSSR count). The lowest BCUT2D eigenvalue weighted by molar-refractivity contribution is 0.102. The Labute approximate surface area is 113 Å². The summed E-state index contributed by atoms with van der Waals surface area (Å²) in [7, 11) is 0. The van der Waals surface area contributed by atoms with Gasteiger partial charge in [-0.2, -0.15) is 5.10 Å². The maximum absolute atomic E-state index is 12.0. The normalized spacial score (nSPS) is 10.8. The van der Waals surface area contributed by atoms with Crippen molar-refractivity contribution in [2.24, 2.45) is 0 Å². The number of fused-ring (bicyclic) bond motifs is 1. The molecule has 3 aromatic rings. The van der Waals surface area contributed by atoms with Crippen molar-refractivity contribution in [1.29, 1.82) is 0 Å². The third-order valence-electron chi connectivity index (χ3n) is 2.59. The van der Waals surface area contributed by atoms with E-state index < -0.39 is 0 Å². The second kappa shape index (κ2) is 4.77. The number of hydrogen-bond acceptors (Lipinski definition) is 5. The Kier molecular flexibility index (Phi) is 2.96.